The molecule has 0 unspecified atom stereocenters. The van der Waals surface area contributed by atoms with Crippen molar-refractivity contribution >= 4 is 54.1 Å². The summed E-state index contributed by atoms with van der Waals surface area (Å²) in [5.41, 5.74) is 9.16. The highest BCUT2D eigenvalue weighted by Crippen LogP contribution is 2.51. The summed E-state index contributed by atoms with van der Waals surface area (Å²) in [6, 6.07) is 65.6. The van der Waals surface area contributed by atoms with Crippen LogP contribution in [0.2, 0.25) is 0 Å². The summed E-state index contributed by atoms with van der Waals surface area (Å²) in [5.74, 6) is 0.890. The highest BCUT2D eigenvalue weighted by molar-refractivity contribution is 6.28. The molecule has 0 saturated heterocycles. The van der Waals surface area contributed by atoms with E-state index in [-0.39, 0.29) is 0 Å². The highest BCUT2D eigenvalue weighted by Gasteiger charge is 2.25. The molecule has 0 atom stereocenters. The number of fused-ring (bicyclic) bond motifs is 6. The Hall–Kier alpha value is -6.44. The molecule has 0 N–H and O–H groups in total. The van der Waals surface area contributed by atoms with Crippen LogP contribution in [-0.4, -0.2) is 0 Å². The van der Waals surface area contributed by atoms with Gasteiger partial charge in [-0.3, -0.25) is 0 Å². The third kappa shape index (κ3) is 4.33. The maximum atomic E-state index is 6.93. The molecule has 9 aromatic carbocycles. The van der Waals surface area contributed by atoms with Crippen LogP contribution >= 0.6 is 0 Å². The number of hydrogen-bond acceptors (Lipinski definition) is 1. The Kier molecular flexibility index (Phi) is 6.25. The minimum absolute atomic E-state index is 0.890. The topological polar surface area (TPSA) is 13.1 Å². The van der Waals surface area contributed by atoms with Gasteiger partial charge in [0.25, 0.3) is 0 Å². The fraction of sp³-hybridized carbons (Fsp3) is 0. The molecule has 0 radical (unpaired) electrons. The van der Waals surface area contributed by atoms with Gasteiger partial charge in [-0.1, -0.05) is 170 Å². The van der Waals surface area contributed by atoms with Crippen molar-refractivity contribution in [1.82, 2.24) is 0 Å². The summed E-state index contributed by atoms with van der Waals surface area (Å²) >= 11 is 0. The van der Waals surface area contributed by atoms with E-state index in [2.05, 4.69) is 182 Å². The van der Waals surface area contributed by atoms with Crippen LogP contribution in [0.5, 0.6) is 0 Å². The molecule has 0 bridgehead atoms. The zero-order valence-electron chi connectivity index (χ0n) is 26.7. The molecule has 1 aromatic heterocycles. The van der Waals surface area contributed by atoms with Gasteiger partial charge >= 0.3 is 0 Å². The van der Waals surface area contributed by atoms with E-state index in [4.69, 9.17) is 4.42 Å². The summed E-state index contributed by atoms with van der Waals surface area (Å²) in [6.07, 6.45) is 0. The van der Waals surface area contributed by atoms with Gasteiger partial charge in [0.1, 0.15) is 11.3 Å². The molecular weight excluding hydrogens is 593 g/mol. The van der Waals surface area contributed by atoms with Crippen molar-refractivity contribution in [2.24, 2.45) is 0 Å². The number of rotatable bonds is 4. The predicted octanol–water partition coefficient (Wildman–Crippen LogP) is 13.7. The smallest absolute Gasteiger partial charge is 0.143 e. The van der Waals surface area contributed by atoms with E-state index in [0.29, 0.717) is 0 Å². The summed E-state index contributed by atoms with van der Waals surface area (Å²) in [5, 5.41) is 10.9. The van der Waals surface area contributed by atoms with Gasteiger partial charge in [-0.2, -0.15) is 0 Å². The lowest BCUT2D eigenvalue weighted by Gasteiger charge is -2.19. The largest absolute Gasteiger partial charge is 0.455 e. The summed E-state index contributed by atoms with van der Waals surface area (Å²) in [7, 11) is 0. The van der Waals surface area contributed by atoms with E-state index in [0.717, 1.165) is 27.9 Å². The van der Waals surface area contributed by atoms with Crippen LogP contribution in [0.4, 0.5) is 0 Å². The maximum Gasteiger partial charge on any atom is 0.143 e. The molecule has 1 heteroatoms. The van der Waals surface area contributed by atoms with Crippen molar-refractivity contribution in [3.05, 3.63) is 182 Å². The second-order valence-electron chi connectivity index (χ2n) is 12.8. The second kappa shape index (κ2) is 11.1. The van der Waals surface area contributed by atoms with Crippen LogP contribution in [0, 0.1) is 0 Å². The number of benzene rings is 9. The molecule has 1 heterocycles. The van der Waals surface area contributed by atoms with Gasteiger partial charge in [0.15, 0.2) is 0 Å². The Morgan fingerprint density at radius 3 is 1.63 bits per heavy atom. The molecule has 228 valence electrons. The highest BCUT2D eigenvalue weighted by atomic mass is 16.3. The fourth-order valence-electron chi connectivity index (χ4n) is 7.91. The van der Waals surface area contributed by atoms with Crippen LogP contribution < -0.4 is 0 Å². The molecule has 0 aliphatic heterocycles. The lowest BCUT2D eigenvalue weighted by atomic mass is 9.83. The molecule has 0 aliphatic rings. The van der Waals surface area contributed by atoms with E-state index in [9.17, 15) is 0 Å². The van der Waals surface area contributed by atoms with E-state index in [1.54, 1.807) is 0 Å². The van der Waals surface area contributed by atoms with Crippen molar-refractivity contribution in [3.8, 4) is 44.7 Å². The van der Waals surface area contributed by atoms with E-state index < -0.39 is 0 Å². The van der Waals surface area contributed by atoms with Crippen LogP contribution in [0.15, 0.2) is 186 Å². The van der Waals surface area contributed by atoms with Crippen molar-refractivity contribution in [1.29, 1.82) is 0 Å². The van der Waals surface area contributed by atoms with Gasteiger partial charge in [0, 0.05) is 22.1 Å². The third-order valence-corrected chi connectivity index (χ3v) is 10.1. The van der Waals surface area contributed by atoms with Crippen LogP contribution in [-0.2, 0) is 0 Å². The Morgan fingerprint density at radius 2 is 0.878 bits per heavy atom. The first-order valence-electron chi connectivity index (χ1n) is 16.9. The lowest BCUT2D eigenvalue weighted by molar-refractivity contribution is 0.633. The summed E-state index contributed by atoms with van der Waals surface area (Å²) in [6.45, 7) is 0. The molecule has 10 aromatic rings. The molecule has 0 fully saturated rings. The van der Waals surface area contributed by atoms with Crippen molar-refractivity contribution in [2.45, 2.75) is 0 Å². The van der Waals surface area contributed by atoms with Crippen molar-refractivity contribution < 1.29 is 4.42 Å². The average molecular weight is 623 g/mol. The second-order valence-corrected chi connectivity index (χ2v) is 12.8. The SMILES string of the molecule is c1ccc(-c2oc3ccc4ccccc4c3c2-c2c3ccccc3c(-c3ccccc3)c3ccc(-c4cccc5ccccc45)cc23)cc1. The monoisotopic (exact) mass is 622 g/mol. The van der Waals surface area contributed by atoms with Gasteiger partial charge in [-0.25, -0.2) is 0 Å². The molecular formula is C48H30O. The van der Waals surface area contributed by atoms with Gasteiger partial charge in [-0.05, 0) is 77.5 Å². The van der Waals surface area contributed by atoms with E-state index in [1.165, 1.54) is 70.9 Å². The number of furan rings is 1. The molecule has 1 nitrogen and oxygen atoms in total. The maximum absolute atomic E-state index is 6.93. The minimum atomic E-state index is 0.890. The van der Waals surface area contributed by atoms with Crippen LogP contribution in [0.3, 0.4) is 0 Å². The van der Waals surface area contributed by atoms with Gasteiger partial charge < -0.3 is 4.42 Å². The van der Waals surface area contributed by atoms with E-state index in [1.807, 2.05) is 0 Å². The zero-order valence-corrected chi connectivity index (χ0v) is 26.7. The predicted molar refractivity (Wildman–Crippen MR) is 208 cm³/mol. The Bertz CT molecular complexity index is 2850. The molecule has 0 aliphatic carbocycles. The molecule has 0 amide bonds. The quantitative estimate of drug-likeness (QED) is 0.178. The van der Waals surface area contributed by atoms with E-state index >= 15 is 0 Å². The molecule has 0 spiro atoms. The Morgan fingerprint density at radius 1 is 0.306 bits per heavy atom. The molecule has 0 saturated carbocycles. The third-order valence-electron chi connectivity index (χ3n) is 10.1. The normalized spacial score (nSPS) is 11.7. The molecule has 49 heavy (non-hydrogen) atoms. The number of hydrogen-bond donors (Lipinski definition) is 0. The zero-order chi connectivity index (χ0) is 32.3. The van der Waals surface area contributed by atoms with Crippen LogP contribution in [0.1, 0.15) is 0 Å². The average Bonchev–Trinajstić information content (AvgIpc) is 3.57. The van der Waals surface area contributed by atoms with Crippen molar-refractivity contribution in [3.63, 3.8) is 0 Å². The fourth-order valence-corrected chi connectivity index (χ4v) is 7.91. The standard InChI is InChI=1S/C48H30O/c1-3-16-33(17-4-1)44-39-23-11-12-24-40(39)45(42-30-35(26-28-41(42)44)37-25-13-20-31-14-7-9-21-36(31)37)47-46-38-22-10-8-15-32(38)27-29-43(46)49-48(47)34-18-5-2-6-19-34/h1-30H. The first-order valence-corrected chi connectivity index (χ1v) is 16.9. The first kappa shape index (κ1) is 27.7. The van der Waals surface area contributed by atoms with Crippen molar-refractivity contribution in [2.75, 3.05) is 0 Å². The Balaban J connectivity index is 1.43. The van der Waals surface area contributed by atoms with Gasteiger partial charge in [0.2, 0.25) is 0 Å². The Labute approximate surface area is 284 Å². The lowest BCUT2D eigenvalue weighted by Crippen LogP contribution is -1.93. The van der Waals surface area contributed by atoms with Gasteiger partial charge in [0.05, 0.1) is 0 Å². The molecule has 10 rings (SSSR count). The summed E-state index contributed by atoms with van der Waals surface area (Å²) < 4.78 is 6.93. The first-order chi connectivity index (χ1) is 24.3. The van der Waals surface area contributed by atoms with Crippen LogP contribution in [0.25, 0.3) is 98.8 Å². The van der Waals surface area contributed by atoms with Gasteiger partial charge in [-0.15, -0.1) is 0 Å². The summed E-state index contributed by atoms with van der Waals surface area (Å²) in [4.78, 5) is 0. The minimum Gasteiger partial charge on any atom is -0.455 e.